The number of hydrogen-bond acceptors (Lipinski definition) is 5. The third-order valence-electron chi connectivity index (χ3n) is 4.95. The number of H-pyrrole nitrogens is 2. The summed E-state index contributed by atoms with van der Waals surface area (Å²) < 4.78 is 0. The summed E-state index contributed by atoms with van der Waals surface area (Å²) in [7, 11) is 1.70. The van der Waals surface area contributed by atoms with E-state index in [4.69, 9.17) is 0 Å². The molecule has 9 heteroatoms. The molecule has 0 spiro atoms. The summed E-state index contributed by atoms with van der Waals surface area (Å²) in [4.78, 5) is 24.9. The van der Waals surface area contributed by atoms with Gasteiger partial charge in [0.2, 0.25) is 0 Å². The average molecular weight is 404 g/mol. The van der Waals surface area contributed by atoms with Crippen molar-refractivity contribution >= 4 is 22.5 Å². The number of aromatic nitrogens is 4. The number of aromatic amines is 2. The van der Waals surface area contributed by atoms with Gasteiger partial charge >= 0.3 is 0 Å². The summed E-state index contributed by atoms with van der Waals surface area (Å²) in [5, 5.41) is 25.7. The second-order valence-electron chi connectivity index (χ2n) is 7.03. The Morgan fingerprint density at radius 2 is 1.90 bits per heavy atom. The number of rotatable bonds is 7. The summed E-state index contributed by atoms with van der Waals surface area (Å²) in [5.74, 6) is -0.281. The van der Waals surface area contributed by atoms with Crippen LogP contribution in [0.2, 0.25) is 0 Å². The van der Waals surface area contributed by atoms with Gasteiger partial charge in [-0.3, -0.25) is 25.1 Å². The average Bonchev–Trinajstić information content (AvgIpc) is 3.40. The maximum absolute atomic E-state index is 12.8. The fourth-order valence-electron chi connectivity index (χ4n) is 3.31. The zero-order valence-corrected chi connectivity index (χ0v) is 16.3. The van der Waals surface area contributed by atoms with Gasteiger partial charge in [-0.1, -0.05) is 30.3 Å². The van der Waals surface area contributed by atoms with Gasteiger partial charge in [0, 0.05) is 42.4 Å². The fourth-order valence-corrected chi connectivity index (χ4v) is 3.31. The van der Waals surface area contributed by atoms with Crippen molar-refractivity contribution in [3.63, 3.8) is 0 Å². The van der Waals surface area contributed by atoms with E-state index < -0.39 is 4.92 Å². The molecule has 2 heterocycles. The van der Waals surface area contributed by atoms with Gasteiger partial charge in [0.05, 0.1) is 16.1 Å². The first-order chi connectivity index (χ1) is 14.5. The second-order valence-corrected chi connectivity index (χ2v) is 7.03. The first kappa shape index (κ1) is 19.3. The number of nitro groups is 1. The van der Waals surface area contributed by atoms with Gasteiger partial charge in [-0.25, -0.2) is 0 Å². The Bertz CT molecular complexity index is 1200. The quantitative estimate of drug-likeness (QED) is 0.360. The van der Waals surface area contributed by atoms with Gasteiger partial charge in [0.15, 0.2) is 5.69 Å². The predicted molar refractivity (Wildman–Crippen MR) is 112 cm³/mol. The first-order valence-electron chi connectivity index (χ1n) is 9.50. The molecule has 0 unspecified atom stereocenters. The van der Waals surface area contributed by atoms with Crippen LogP contribution in [0.1, 0.15) is 22.6 Å². The van der Waals surface area contributed by atoms with Gasteiger partial charge in [-0.2, -0.15) is 10.2 Å². The minimum atomic E-state index is -0.488. The molecule has 2 aromatic heterocycles. The molecule has 0 radical (unpaired) electrons. The number of carbonyl (C=O) groups excluding carboxylic acids is 1. The Kier molecular flexibility index (Phi) is 5.25. The Balaban J connectivity index is 1.39. The van der Waals surface area contributed by atoms with Crippen molar-refractivity contribution < 1.29 is 9.72 Å². The van der Waals surface area contributed by atoms with Crippen LogP contribution in [0, 0.1) is 10.1 Å². The monoisotopic (exact) mass is 404 g/mol. The molecule has 0 aliphatic rings. The Hall–Kier alpha value is -4.01. The molecule has 0 atom stereocenters. The van der Waals surface area contributed by atoms with Gasteiger partial charge in [0.1, 0.15) is 0 Å². The standard InChI is InChI=1S/C21H20N6O3/c1-26(11-5-8-15-12-19(24-22-15)14-6-3-2-4-7-14)21(28)20-17-13-16(27(29)30)9-10-18(17)23-25-20/h2-4,6-7,9-10,12-13H,5,8,11H2,1H3,(H,22,24)(H,23,25). The first-order valence-corrected chi connectivity index (χ1v) is 9.50. The molecule has 9 nitrogen and oxygen atoms in total. The highest BCUT2D eigenvalue weighted by Gasteiger charge is 2.20. The van der Waals surface area contributed by atoms with E-state index in [2.05, 4.69) is 20.4 Å². The van der Waals surface area contributed by atoms with Crippen molar-refractivity contribution in [2.45, 2.75) is 12.8 Å². The number of amides is 1. The number of aryl methyl sites for hydroxylation is 1. The van der Waals surface area contributed by atoms with E-state index in [1.807, 2.05) is 36.4 Å². The normalized spacial score (nSPS) is 11.0. The number of nitrogens with zero attached hydrogens (tertiary/aromatic N) is 4. The maximum Gasteiger partial charge on any atom is 0.274 e. The highest BCUT2D eigenvalue weighted by atomic mass is 16.6. The molecule has 2 N–H and O–H groups in total. The molecular weight excluding hydrogens is 384 g/mol. The van der Waals surface area contributed by atoms with Crippen molar-refractivity contribution in [3.8, 4) is 11.3 Å². The van der Waals surface area contributed by atoms with Crippen molar-refractivity contribution in [1.82, 2.24) is 25.3 Å². The van der Waals surface area contributed by atoms with Crippen LogP contribution in [0.25, 0.3) is 22.2 Å². The molecule has 152 valence electrons. The van der Waals surface area contributed by atoms with Gasteiger partial charge in [-0.15, -0.1) is 0 Å². The van der Waals surface area contributed by atoms with Crippen LogP contribution in [0.3, 0.4) is 0 Å². The molecule has 0 bridgehead atoms. The Labute approximate surface area is 171 Å². The number of hydrogen-bond donors (Lipinski definition) is 2. The summed E-state index contributed by atoms with van der Waals surface area (Å²) in [6.45, 7) is 0.516. The maximum atomic E-state index is 12.8. The minimum absolute atomic E-state index is 0.0749. The van der Waals surface area contributed by atoms with E-state index in [1.54, 1.807) is 18.0 Å². The van der Waals surface area contributed by atoms with E-state index in [1.165, 1.54) is 12.1 Å². The molecule has 30 heavy (non-hydrogen) atoms. The Morgan fingerprint density at radius 3 is 2.67 bits per heavy atom. The summed E-state index contributed by atoms with van der Waals surface area (Å²) in [5.41, 5.74) is 3.63. The van der Waals surface area contributed by atoms with E-state index >= 15 is 0 Å². The second kappa shape index (κ2) is 8.16. The molecule has 4 aromatic rings. The molecule has 1 amide bonds. The number of benzene rings is 2. The molecule has 0 aliphatic heterocycles. The van der Waals surface area contributed by atoms with Crippen LogP contribution in [0.4, 0.5) is 5.69 Å². The number of nitro benzene ring substituents is 1. The molecule has 0 fully saturated rings. The number of carbonyl (C=O) groups is 1. The number of fused-ring (bicyclic) bond motifs is 1. The molecule has 0 aliphatic carbocycles. The Morgan fingerprint density at radius 1 is 1.10 bits per heavy atom. The van der Waals surface area contributed by atoms with E-state index in [0.717, 1.165) is 29.8 Å². The summed E-state index contributed by atoms with van der Waals surface area (Å²) in [6.07, 6.45) is 1.48. The largest absolute Gasteiger partial charge is 0.340 e. The lowest BCUT2D eigenvalue weighted by Gasteiger charge is -2.15. The van der Waals surface area contributed by atoms with Crippen LogP contribution in [0.15, 0.2) is 54.6 Å². The van der Waals surface area contributed by atoms with Gasteiger partial charge in [-0.05, 0) is 25.0 Å². The van der Waals surface area contributed by atoms with Gasteiger partial charge in [0.25, 0.3) is 11.6 Å². The number of nitrogens with one attached hydrogen (secondary N) is 2. The molecule has 0 saturated carbocycles. The highest BCUT2D eigenvalue weighted by molar-refractivity contribution is 6.05. The lowest BCUT2D eigenvalue weighted by molar-refractivity contribution is -0.384. The van der Waals surface area contributed by atoms with Crippen molar-refractivity contribution in [3.05, 3.63) is 76.1 Å². The molecule has 4 rings (SSSR count). The van der Waals surface area contributed by atoms with Crippen molar-refractivity contribution in [2.24, 2.45) is 0 Å². The van der Waals surface area contributed by atoms with Crippen LogP contribution in [0.5, 0.6) is 0 Å². The topological polar surface area (TPSA) is 121 Å². The molecule has 2 aromatic carbocycles. The van der Waals surface area contributed by atoms with E-state index in [-0.39, 0.29) is 17.3 Å². The SMILES string of the molecule is CN(CCCc1cc(-c2ccccc2)n[nH]1)C(=O)c1n[nH]c2ccc([N+](=O)[O-])cc12. The third kappa shape index (κ3) is 3.90. The van der Waals surface area contributed by atoms with Crippen LogP contribution >= 0.6 is 0 Å². The smallest absolute Gasteiger partial charge is 0.274 e. The number of non-ortho nitro benzene ring substituents is 1. The predicted octanol–water partition coefficient (Wildman–Crippen LogP) is 3.57. The van der Waals surface area contributed by atoms with Crippen molar-refractivity contribution in [2.75, 3.05) is 13.6 Å². The van der Waals surface area contributed by atoms with E-state index in [0.29, 0.717) is 17.4 Å². The van der Waals surface area contributed by atoms with E-state index in [9.17, 15) is 14.9 Å². The zero-order chi connectivity index (χ0) is 21.1. The van der Waals surface area contributed by atoms with Crippen LogP contribution in [-0.4, -0.2) is 49.7 Å². The zero-order valence-electron chi connectivity index (χ0n) is 16.3. The minimum Gasteiger partial charge on any atom is -0.340 e. The lowest BCUT2D eigenvalue weighted by atomic mass is 10.1. The third-order valence-corrected chi connectivity index (χ3v) is 4.95. The highest BCUT2D eigenvalue weighted by Crippen LogP contribution is 2.23. The molecule has 0 saturated heterocycles. The van der Waals surface area contributed by atoms with Gasteiger partial charge < -0.3 is 4.90 Å². The van der Waals surface area contributed by atoms with Crippen LogP contribution in [-0.2, 0) is 6.42 Å². The fraction of sp³-hybridized carbons (Fsp3) is 0.190. The summed E-state index contributed by atoms with van der Waals surface area (Å²) >= 11 is 0. The lowest BCUT2D eigenvalue weighted by Crippen LogP contribution is -2.28. The van der Waals surface area contributed by atoms with Crippen LogP contribution < -0.4 is 0 Å². The van der Waals surface area contributed by atoms with Crippen molar-refractivity contribution in [1.29, 1.82) is 0 Å². The summed E-state index contributed by atoms with van der Waals surface area (Å²) in [6, 6.07) is 16.2. The molecular formula is C21H20N6O3.